The topological polar surface area (TPSA) is 0 Å². The van der Waals surface area contributed by atoms with E-state index < -0.39 is 0 Å². The summed E-state index contributed by atoms with van der Waals surface area (Å²) >= 11 is 0. The Morgan fingerprint density at radius 2 is 1.23 bits per heavy atom. The highest BCUT2D eigenvalue weighted by Crippen LogP contribution is 2.09. The Hall–Kier alpha value is -0.520. The van der Waals surface area contributed by atoms with Crippen molar-refractivity contribution in [2.24, 2.45) is 0 Å². The van der Waals surface area contributed by atoms with Gasteiger partial charge in [-0.3, -0.25) is 0 Å². The van der Waals surface area contributed by atoms with Gasteiger partial charge in [-0.25, -0.2) is 0 Å². The van der Waals surface area contributed by atoms with Crippen LogP contribution in [0.2, 0.25) is 0 Å². The third-order valence-corrected chi connectivity index (χ3v) is 2.42. The lowest BCUT2D eigenvalue weighted by atomic mass is 10.1. The molecule has 1 aliphatic rings. The molecule has 0 heteroatoms. The second kappa shape index (κ2) is 8.10. The van der Waals surface area contributed by atoms with Gasteiger partial charge in [-0.15, -0.1) is 0 Å². The van der Waals surface area contributed by atoms with E-state index in [-0.39, 0.29) is 0 Å². The van der Waals surface area contributed by atoms with Crippen LogP contribution >= 0.6 is 0 Å². The molecule has 0 amide bonds. The lowest BCUT2D eigenvalue weighted by Gasteiger charge is -1.97. The van der Waals surface area contributed by atoms with Gasteiger partial charge in [0.2, 0.25) is 0 Å². The van der Waals surface area contributed by atoms with E-state index in [2.05, 4.69) is 30.7 Å². The average molecular weight is 177 g/mol. The van der Waals surface area contributed by atoms with Gasteiger partial charge in [0.1, 0.15) is 0 Å². The summed E-state index contributed by atoms with van der Waals surface area (Å²) in [6, 6.07) is 0. The Bertz CT molecular complexity index is 135. The highest BCUT2D eigenvalue weighted by molar-refractivity contribution is 4.91. The summed E-state index contributed by atoms with van der Waals surface area (Å²) in [4.78, 5) is 0. The van der Waals surface area contributed by atoms with Crippen LogP contribution in [0.15, 0.2) is 24.3 Å². The fourth-order valence-corrected chi connectivity index (χ4v) is 1.58. The Labute approximate surface area is 82.7 Å². The molecule has 0 atom stereocenters. The summed E-state index contributed by atoms with van der Waals surface area (Å²) in [6.45, 7) is 0. The largest absolute Gasteiger partial charge is 0.0885 e. The maximum absolute atomic E-state index is 2.40. The second-order valence-corrected chi connectivity index (χ2v) is 3.68. The molecule has 73 valence electrons. The van der Waals surface area contributed by atoms with E-state index in [1.54, 1.807) is 0 Å². The van der Waals surface area contributed by atoms with E-state index in [9.17, 15) is 0 Å². The van der Waals surface area contributed by atoms with Crippen molar-refractivity contribution >= 4 is 0 Å². The molecular formula is C13H21. The van der Waals surface area contributed by atoms with Crippen LogP contribution in [0.5, 0.6) is 0 Å². The SMILES string of the molecule is [CH]1C/C=C\CC/C=C\CCCCC1. The normalized spacial score (nSPS) is 26.5. The molecule has 0 aromatic rings. The third-order valence-electron chi connectivity index (χ3n) is 2.42. The van der Waals surface area contributed by atoms with Crippen LogP contribution in [0.1, 0.15) is 51.4 Å². The van der Waals surface area contributed by atoms with Crippen LogP contribution in [0.4, 0.5) is 0 Å². The number of allylic oxidation sites excluding steroid dienone is 4. The molecule has 0 aromatic heterocycles. The first-order valence-corrected chi connectivity index (χ1v) is 5.62. The predicted octanol–water partition coefficient (Wildman–Crippen LogP) is 4.44. The molecule has 0 saturated heterocycles. The van der Waals surface area contributed by atoms with Crippen LogP contribution in [0.25, 0.3) is 0 Å². The van der Waals surface area contributed by atoms with E-state index >= 15 is 0 Å². The van der Waals surface area contributed by atoms with E-state index in [4.69, 9.17) is 0 Å². The minimum Gasteiger partial charge on any atom is -0.0885 e. The smallest absolute Gasteiger partial charge is 0.0316 e. The Morgan fingerprint density at radius 3 is 2.15 bits per heavy atom. The maximum atomic E-state index is 2.40. The maximum Gasteiger partial charge on any atom is -0.0316 e. The number of rotatable bonds is 0. The fourth-order valence-electron chi connectivity index (χ4n) is 1.58. The highest BCUT2D eigenvalue weighted by Gasteiger charge is 1.90. The molecule has 0 unspecified atom stereocenters. The first-order chi connectivity index (χ1) is 6.50. The summed E-state index contributed by atoms with van der Waals surface area (Å²) in [6.07, 6.45) is 22.0. The summed E-state index contributed by atoms with van der Waals surface area (Å²) in [5.74, 6) is 0. The molecule has 13 heavy (non-hydrogen) atoms. The van der Waals surface area contributed by atoms with E-state index in [0.717, 1.165) is 0 Å². The van der Waals surface area contributed by atoms with Gasteiger partial charge in [-0.05, 0) is 44.9 Å². The van der Waals surface area contributed by atoms with Crippen LogP contribution in [0, 0.1) is 6.42 Å². The minimum atomic E-state index is 1.17. The quantitative estimate of drug-likeness (QED) is 0.480. The van der Waals surface area contributed by atoms with Crippen molar-refractivity contribution in [3.63, 3.8) is 0 Å². The highest BCUT2D eigenvalue weighted by atomic mass is 14.0. The zero-order valence-electron chi connectivity index (χ0n) is 8.54. The second-order valence-electron chi connectivity index (χ2n) is 3.68. The van der Waals surface area contributed by atoms with Crippen molar-refractivity contribution in [3.05, 3.63) is 30.7 Å². The molecule has 0 nitrogen and oxygen atoms in total. The van der Waals surface area contributed by atoms with Crippen LogP contribution in [0.3, 0.4) is 0 Å². The molecule has 1 rings (SSSR count). The number of hydrogen-bond donors (Lipinski definition) is 0. The zero-order chi connectivity index (χ0) is 9.19. The molecule has 0 aromatic carbocycles. The molecule has 1 aliphatic carbocycles. The van der Waals surface area contributed by atoms with Crippen molar-refractivity contribution in [1.82, 2.24) is 0 Å². The van der Waals surface area contributed by atoms with E-state index in [0.29, 0.717) is 0 Å². The lowest BCUT2D eigenvalue weighted by molar-refractivity contribution is 0.676. The summed E-state index contributed by atoms with van der Waals surface area (Å²) in [5, 5.41) is 0. The zero-order valence-corrected chi connectivity index (χ0v) is 8.54. The van der Waals surface area contributed by atoms with Gasteiger partial charge in [-0.2, -0.15) is 0 Å². The number of hydrogen-bond acceptors (Lipinski definition) is 0. The average Bonchev–Trinajstić information content (AvgIpc) is 2.18. The summed E-state index contributed by atoms with van der Waals surface area (Å²) in [5.41, 5.74) is 0. The molecule has 0 fully saturated rings. The molecular weight excluding hydrogens is 156 g/mol. The van der Waals surface area contributed by atoms with Crippen LogP contribution < -0.4 is 0 Å². The molecule has 0 N–H and O–H groups in total. The van der Waals surface area contributed by atoms with Gasteiger partial charge in [0.25, 0.3) is 0 Å². The van der Waals surface area contributed by atoms with Crippen molar-refractivity contribution in [2.45, 2.75) is 51.4 Å². The predicted molar refractivity (Wildman–Crippen MR) is 59.5 cm³/mol. The Kier molecular flexibility index (Phi) is 6.58. The lowest BCUT2D eigenvalue weighted by Crippen LogP contribution is -1.78. The van der Waals surface area contributed by atoms with Crippen molar-refractivity contribution in [3.8, 4) is 0 Å². The standard InChI is InChI=1S/C13H21/c1-2-4-6-8-10-12-13-11-9-7-5-3-1/h1-2,5,8,10H,3-4,6-7,9,11-13H2/b2-1-,10-8-. The molecule has 0 heterocycles. The summed E-state index contributed by atoms with van der Waals surface area (Å²) in [7, 11) is 0. The summed E-state index contributed by atoms with van der Waals surface area (Å²) < 4.78 is 0. The van der Waals surface area contributed by atoms with Crippen LogP contribution in [-0.2, 0) is 0 Å². The van der Waals surface area contributed by atoms with Crippen molar-refractivity contribution in [1.29, 1.82) is 0 Å². The van der Waals surface area contributed by atoms with Gasteiger partial charge in [-0.1, -0.05) is 37.1 Å². The monoisotopic (exact) mass is 177 g/mol. The Balaban J connectivity index is 2.18. The first-order valence-electron chi connectivity index (χ1n) is 5.62. The van der Waals surface area contributed by atoms with E-state index in [1.165, 1.54) is 51.4 Å². The first kappa shape index (κ1) is 10.6. The van der Waals surface area contributed by atoms with Gasteiger partial charge < -0.3 is 0 Å². The molecule has 1 radical (unpaired) electrons. The Morgan fingerprint density at radius 1 is 0.538 bits per heavy atom. The van der Waals surface area contributed by atoms with Crippen molar-refractivity contribution in [2.75, 3.05) is 0 Å². The van der Waals surface area contributed by atoms with Crippen molar-refractivity contribution < 1.29 is 0 Å². The van der Waals surface area contributed by atoms with E-state index in [1.807, 2.05) is 0 Å². The minimum absolute atomic E-state index is 1.17. The van der Waals surface area contributed by atoms with Gasteiger partial charge in [0, 0.05) is 0 Å². The molecule has 0 aliphatic heterocycles. The fraction of sp³-hybridized carbons (Fsp3) is 0.615. The molecule has 0 saturated carbocycles. The van der Waals surface area contributed by atoms with Crippen LogP contribution in [-0.4, -0.2) is 0 Å². The third kappa shape index (κ3) is 6.62. The van der Waals surface area contributed by atoms with Gasteiger partial charge in [0.05, 0.1) is 0 Å². The molecule has 0 bridgehead atoms. The molecule has 0 spiro atoms. The van der Waals surface area contributed by atoms with Gasteiger partial charge >= 0.3 is 0 Å². The van der Waals surface area contributed by atoms with Gasteiger partial charge in [0.15, 0.2) is 0 Å².